The molecule has 2 rings (SSSR count). The second-order valence-corrected chi connectivity index (χ2v) is 7.03. The van der Waals surface area contributed by atoms with Gasteiger partial charge in [0.1, 0.15) is 16.9 Å². The van der Waals surface area contributed by atoms with Crippen LogP contribution in [-0.2, 0) is 18.4 Å². The second-order valence-electron chi connectivity index (χ2n) is 7.03. The summed E-state index contributed by atoms with van der Waals surface area (Å²) >= 11 is 0. The molecule has 1 fully saturated rings. The molecule has 136 valence electrons. The van der Waals surface area contributed by atoms with Gasteiger partial charge in [-0.25, -0.2) is 18.0 Å². The minimum atomic E-state index is -5.14. The summed E-state index contributed by atoms with van der Waals surface area (Å²) < 4.78 is 80.5. The molecule has 0 atom stereocenters. The number of nitrogens with zero attached hydrogens (tertiary/aromatic N) is 2. The Hall–Kier alpha value is -1.74. The maximum Gasteiger partial charge on any atom is 0.420 e. The normalized spacial score (nSPS) is 19.9. The molecule has 0 amide bonds. The van der Waals surface area contributed by atoms with Gasteiger partial charge in [-0.3, -0.25) is 4.68 Å². The van der Waals surface area contributed by atoms with Gasteiger partial charge in [0, 0.05) is 19.4 Å². The Bertz CT molecular complexity index is 664. The van der Waals surface area contributed by atoms with Gasteiger partial charge in [0.2, 0.25) is 5.92 Å². The van der Waals surface area contributed by atoms with E-state index in [1.807, 2.05) is 0 Å². The molecule has 0 aromatic carbocycles. The van der Waals surface area contributed by atoms with Gasteiger partial charge in [0.05, 0.1) is 0 Å². The molecule has 1 saturated carbocycles. The molecule has 4 nitrogen and oxygen atoms in total. The van der Waals surface area contributed by atoms with Crippen molar-refractivity contribution in [1.29, 1.82) is 0 Å². The Morgan fingerprint density at radius 3 is 2.08 bits per heavy atom. The van der Waals surface area contributed by atoms with Gasteiger partial charge in [-0.05, 0) is 19.3 Å². The standard InChI is InChI=1S/C14H16F6N2O2/c1-11(2,15)9-7(14(18,19)20)8(10(23)24)22(21-9)6-12(3)4-13(16,17)5-12/h4-6H2,1-3H3,(H,23,24). The van der Waals surface area contributed by atoms with Crippen molar-refractivity contribution in [3.8, 4) is 0 Å². The number of aromatic carboxylic acids is 1. The van der Waals surface area contributed by atoms with Crippen LogP contribution in [0.3, 0.4) is 0 Å². The summed E-state index contributed by atoms with van der Waals surface area (Å²) in [6.45, 7) is 2.56. The van der Waals surface area contributed by atoms with E-state index in [4.69, 9.17) is 5.11 Å². The lowest BCUT2D eigenvalue weighted by Crippen LogP contribution is -2.47. The van der Waals surface area contributed by atoms with E-state index in [9.17, 15) is 31.1 Å². The van der Waals surface area contributed by atoms with Crippen LogP contribution in [0.15, 0.2) is 0 Å². The summed E-state index contributed by atoms with van der Waals surface area (Å²) in [5.41, 5.74) is -7.65. The number of hydrogen-bond donors (Lipinski definition) is 1. The van der Waals surface area contributed by atoms with E-state index in [1.54, 1.807) is 0 Å². The molecular formula is C14H16F6N2O2. The second kappa shape index (κ2) is 5.13. The van der Waals surface area contributed by atoms with Crippen molar-refractivity contribution in [1.82, 2.24) is 9.78 Å². The number of carboxylic acid groups (broad SMARTS) is 1. The van der Waals surface area contributed by atoms with Crippen molar-refractivity contribution in [3.05, 3.63) is 17.0 Å². The summed E-state index contributed by atoms with van der Waals surface area (Å²) in [6.07, 6.45) is -6.35. The maximum atomic E-state index is 14.1. The zero-order valence-corrected chi connectivity index (χ0v) is 13.1. The molecule has 10 heteroatoms. The zero-order valence-electron chi connectivity index (χ0n) is 13.1. The van der Waals surface area contributed by atoms with Crippen molar-refractivity contribution >= 4 is 5.97 Å². The highest BCUT2D eigenvalue weighted by Crippen LogP contribution is 2.53. The minimum absolute atomic E-state index is 0.469. The molecule has 1 aliphatic rings. The number of carbonyl (C=O) groups is 1. The van der Waals surface area contributed by atoms with Crippen LogP contribution in [0.5, 0.6) is 0 Å². The van der Waals surface area contributed by atoms with Crippen LogP contribution in [0.4, 0.5) is 26.3 Å². The minimum Gasteiger partial charge on any atom is -0.477 e. The lowest BCUT2D eigenvalue weighted by atomic mass is 9.67. The predicted molar refractivity (Wildman–Crippen MR) is 70.6 cm³/mol. The van der Waals surface area contributed by atoms with Crippen molar-refractivity contribution < 1.29 is 36.2 Å². The number of alkyl halides is 6. The first-order valence-electron chi connectivity index (χ1n) is 7.04. The first-order chi connectivity index (χ1) is 10.6. The smallest absolute Gasteiger partial charge is 0.420 e. The Balaban J connectivity index is 2.57. The van der Waals surface area contributed by atoms with E-state index in [0.717, 1.165) is 13.8 Å². The molecular weight excluding hydrogens is 342 g/mol. The summed E-state index contributed by atoms with van der Waals surface area (Å²) in [4.78, 5) is 11.3. The van der Waals surface area contributed by atoms with Crippen LogP contribution in [0, 0.1) is 5.41 Å². The summed E-state index contributed by atoms with van der Waals surface area (Å²) in [5.74, 6) is -4.89. The SMILES string of the molecule is CC1(Cn2nc(C(C)(C)F)c(C(F)(F)F)c2C(=O)O)CC(F)(F)C1. The van der Waals surface area contributed by atoms with Crippen LogP contribution in [0.2, 0.25) is 0 Å². The first-order valence-corrected chi connectivity index (χ1v) is 7.04. The van der Waals surface area contributed by atoms with Gasteiger partial charge in [-0.2, -0.15) is 18.3 Å². The molecule has 0 spiro atoms. The summed E-state index contributed by atoms with van der Waals surface area (Å²) in [6, 6.07) is 0. The van der Waals surface area contributed by atoms with E-state index in [2.05, 4.69) is 5.10 Å². The highest BCUT2D eigenvalue weighted by molar-refractivity contribution is 5.88. The number of hydrogen-bond acceptors (Lipinski definition) is 2. The molecule has 24 heavy (non-hydrogen) atoms. The maximum absolute atomic E-state index is 14.1. The van der Waals surface area contributed by atoms with Crippen molar-refractivity contribution in [2.24, 2.45) is 5.41 Å². The van der Waals surface area contributed by atoms with Gasteiger partial charge in [0.25, 0.3) is 0 Å². The molecule has 0 saturated heterocycles. The Labute approximate surface area is 133 Å². The molecule has 1 aliphatic carbocycles. The van der Waals surface area contributed by atoms with E-state index >= 15 is 0 Å². The van der Waals surface area contributed by atoms with E-state index in [1.165, 1.54) is 6.92 Å². The Morgan fingerprint density at radius 2 is 1.75 bits per heavy atom. The molecule has 0 bridgehead atoms. The van der Waals surface area contributed by atoms with Crippen LogP contribution in [-0.4, -0.2) is 26.8 Å². The molecule has 1 aromatic heterocycles. The van der Waals surface area contributed by atoms with Crippen molar-refractivity contribution in [2.75, 3.05) is 0 Å². The Morgan fingerprint density at radius 1 is 1.25 bits per heavy atom. The third kappa shape index (κ3) is 3.36. The summed E-state index contributed by atoms with van der Waals surface area (Å²) in [5, 5.41) is 12.6. The van der Waals surface area contributed by atoms with Crippen molar-refractivity contribution in [3.63, 3.8) is 0 Å². The lowest BCUT2D eigenvalue weighted by Gasteiger charge is -2.44. The average Bonchev–Trinajstić information content (AvgIpc) is 2.63. The van der Waals surface area contributed by atoms with Crippen molar-refractivity contribution in [2.45, 2.75) is 57.9 Å². The molecule has 1 heterocycles. The third-order valence-electron chi connectivity index (χ3n) is 3.90. The van der Waals surface area contributed by atoms with Gasteiger partial charge < -0.3 is 5.11 Å². The lowest BCUT2D eigenvalue weighted by molar-refractivity contribution is -0.160. The largest absolute Gasteiger partial charge is 0.477 e. The van der Waals surface area contributed by atoms with E-state index < -0.39 is 65.5 Å². The summed E-state index contributed by atoms with van der Waals surface area (Å²) in [7, 11) is 0. The fourth-order valence-electron chi connectivity index (χ4n) is 3.15. The number of carboxylic acids is 1. The van der Waals surface area contributed by atoms with Gasteiger partial charge in [0.15, 0.2) is 5.69 Å². The highest BCUT2D eigenvalue weighted by Gasteiger charge is 2.55. The molecule has 1 aromatic rings. The van der Waals surface area contributed by atoms with Gasteiger partial charge in [-0.1, -0.05) is 6.92 Å². The Kier molecular flexibility index (Phi) is 3.97. The average molecular weight is 358 g/mol. The van der Waals surface area contributed by atoms with Crippen LogP contribution < -0.4 is 0 Å². The van der Waals surface area contributed by atoms with Gasteiger partial charge >= 0.3 is 12.1 Å². The number of aromatic nitrogens is 2. The van der Waals surface area contributed by atoms with Crippen LogP contribution >= 0.6 is 0 Å². The number of rotatable bonds is 4. The third-order valence-corrected chi connectivity index (χ3v) is 3.90. The van der Waals surface area contributed by atoms with Crippen LogP contribution in [0.1, 0.15) is 55.4 Å². The highest BCUT2D eigenvalue weighted by atomic mass is 19.4. The molecule has 0 aliphatic heterocycles. The van der Waals surface area contributed by atoms with E-state index in [0.29, 0.717) is 4.68 Å². The fraction of sp³-hybridized carbons (Fsp3) is 0.714. The fourth-order valence-corrected chi connectivity index (χ4v) is 3.15. The first kappa shape index (κ1) is 18.6. The van der Waals surface area contributed by atoms with Crippen LogP contribution in [0.25, 0.3) is 0 Å². The molecule has 0 radical (unpaired) electrons. The van der Waals surface area contributed by atoms with Gasteiger partial charge in [-0.15, -0.1) is 0 Å². The molecule has 0 unspecified atom stereocenters. The number of halogens is 6. The monoisotopic (exact) mass is 358 g/mol. The quantitative estimate of drug-likeness (QED) is 0.819. The molecule has 1 N–H and O–H groups in total. The van der Waals surface area contributed by atoms with E-state index in [-0.39, 0.29) is 0 Å². The predicted octanol–water partition coefficient (Wildman–Crippen LogP) is 4.24. The topological polar surface area (TPSA) is 55.1 Å². The zero-order chi connectivity index (χ0) is 18.7.